The number of ether oxygens (including phenoxy) is 2. The lowest BCUT2D eigenvalue weighted by atomic mass is 10.00. The minimum Gasteiger partial charge on any atom is -0.497 e. The van der Waals surface area contributed by atoms with Gasteiger partial charge in [0.05, 0.1) is 31.8 Å². The fourth-order valence-corrected chi connectivity index (χ4v) is 2.27. The van der Waals surface area contributed by atoms with Gasteiger partial charge in [-0.2, -0.15) is 5.26 Å². The van der Waals surface area contributed by atoms with Crippen LogP contribution in [0.4, 0.5) is 0 Å². The molecule has 0 saturated heterocycles. The first-order valence-corrected chi connectivity index (χ1v) is 6.59. The van der Waals surface area contributed by atoms with Crippen molar-refractivity contribution in [1.29, 1.82) is 5.26 Å². The Morgan fingerprint density at radius 2 is 2.22 bits per heavy atom. The molecular formula is C13H14BrNO3. The van der Waals surface area contributed by atoms with Crippen LogP contribution in [0, 0.1) is 11.3 Å². The molecule has 96 valence electrons. The number of hydrogen-bond donors (Lipinski definition) is 0. The van der Waals surface area contributed by atoms with Crippen molar-refractivity contribution in [2.75, 3.05) is 13.7 Å². The Morgan fingerprint density at radius 1 is 1.50 bits per heavy atom. The Morgan fingerprint density at radius 3 is 2.72 bits per heavy atom. The van der Waals surface area contributed by atoms with E-state index in [1.54, 1.807) is 19.1 Å². The first-order chi connectivity index (χ1) is 8.65. The highest BCUT2D eigenvalue weighted by atomic mass is 79.9. The molecule has 4 nitrogen and oxygen atoms in total. The fraction of sp³-hybridized carbons (Fsp3) is 0.385. The molecule has 0 bridgehead atoms. The molecule has 0 amide bonds. The van der Waals surface area contributed by atoms with Gasteiger partial charge in [-0.1, -0.05) is 15.9 Å². The average molecular weight is 312 g/mol. The molecule has 1 rings (SSSR count). The summed E-state index contributed by atoms with van der Waals surface area (Å²) in [5, 5.41) is 9.60. The minimum atomic E-state index is -0.308. The van der Waals surface area contributed by atoms with Gasteiger partial charge < -0.3 is 9.47 Å². The summed E-state index contributed by atoms with van der Waals surface area (Å²) in [5.74, 6) is 0.257. The molecule has 0 spiro atoms. The first kappa shape index (κ1) is 14.5. The second-order valence-corrected chi connectivity index (χ2v) is 4.10. The van der Waals surface area contributed by atoms with Crippen LogP contribution in [0.5, 0.6) is 5.75 Å². The van der Waals surface area contributed by atoms with Gasteiger partial charge >= 0.3 is 5.97 Å². The zero-order chi connectivity index (χ0) is 13.5. The van der Waals surface area contributed by atoms with Gasteiger partial charge in [0.25, 0.3) is 0 Å². The lowest BCUT2D eigenvalue weighted by Gasteiger charge is -2.11. The molecule has 0 heterocycles. The highest BCUT2D eigenvalue weighted by molar-refractivity contribution is 9.08. The summed E-state index contributed by atoms with van der Waals surface area (Å²) in [6, 6.07) is 5.52. The van der Waals surface area contributed by atoms with Gasteiger partial charge in [-0.05, 0) is 30.2 Å². The topological polar surface area (TPSA) is 59.3 Å². The number of alkyl halides is 1. The van der Waals surface area contributed by atoms with Gasteiger partial charge in [0.15, 0.2) is 0 Å². The molecule has 0 N–H and O–H groups in total. The number of rotatable bonds is 5. The molecule has 1 aromatic carbocycles. The van der Waals surface area contributed by atoms with Crippen LogP contribution in [-0.4, -0.2) is 19.7 Å². The molecule has 0 aliphatic rings. The smallest absolute Gasteiger partial charge is 0.310 e. The number of nitriles is 1. The van der Waals surface area contributed by atoms with E-state index in [4.69, 9.17) is 14.7 Å². The molecule has 0 aliphatic heterocycles. The number of nitrogens with zero attached hydrogens (tertiary/aromatic N) is 1. The van der Waals surface area contributed by atoms with E-state index in [0.717, 1.165) is 11.1 Å². The molecule has 0 unspecified atom stereocenters. The van der Waals surface area contributed by atoms with Crippen molar-refractivity contribution in [3.63, 3.8) is 0 Å². The molecule has 0 aromatic heterocycles. The van der Waals surface area contributed by atoms with Crippen molar-refractivity contribution in [3.05, 3.63) is 28.8 Å². The Bertz CT molecular complexity index is 480. The van der Waals surface area contributed by atoms with E-state index in [1.165, 1.54) is 7.11 Å². The third-order valence-corrected chi connectivity index (χ3v) is 3.01. The molecular weight excluding hydrogens is 298 g/mol. The normalized spacial score (nSPS) is 9.67. The Labute approximate surface area is 115 Å². The summed E-state index contributed by atoms with van der Waals surface area (Å²) in [6.07, 6.45) is 0.140. The van der Waals surface area contributed by atoms with Gasteiger partial charge in [-0.25, -0.2) is 0 Å². The quantitative estimate of drug-likeness (QED) is 0.619. The molecule has 18 heavy (non-hydrogen) atoms. The van der Waals surface area contributed by atoms with Crippen LogP contribution in [0.2, 0.25) is 0 Å². The molecule has 0 radical (unpaired) electrons. The van der Waals surface area contributed by atoms with Crippen LogP contribution in [0.25, 0.3) is 0 Å². The highest BCUT2D eigenvalue weighted by Gasteiger charge is 2.14. The maximum Gasteiger partial charge on any atom is 0.310 e. The third-order valence-electron chi connectivity index (χ3n) is 2.45. The highest BCUT2D eigenvalue weighted by Crippen LogP contribution is 2.25. The molecule has 1 aromatic rings. The number of carbonyl (C=O) groups excluding carboxylic acids is 1. The maximum absolute atomic E-state index is 11.5. The number of benzene rings is 1. The Hall–Kier alpha value is -1.54. The molecule has 0 saturated carbocycles. The molecule has 0 fully saturated rings. The predicted molar refractivity (Wildman–Crippen MR) is 70.7 cm³/mol. The summed E-state index contributed by atoms with van der Waals surface area (Å²) < 4.78 is 10.0. The van der Waals surface area contributed by atoms with E-state index in [0.29, 0.717) is 23.2 Å². The van der Waals surface area contributed by atoms with Gasteiger partial charge in [0, 0.05) is 5.33 Å². The van der Waals surface area contributed by atoms with E-state index in [9.17, 15) is 4.79 Å². The van der Waals surface area contributed by atoms with Crippen molar-refractivity contribution in [3.8, 4) is 11.8 Å². The Balaban J connectivity index is 3.15. The second-order valence-electron chi connectivity index (χ2n) is 3.54. The van der Waals surface area contributed by atoms with Crippen molar-refractivity contribution in [2.45, 2.75) is 18.7 Å². The molecule has 0 aliphatic carbocycles. The van der Waals surface area contributed by atoms with Crippen molar-refractivity contribution < 1.29 is 14.3 Å². The van der Waals surface area contributed by atoms with E-state index >= 15 is 0 Å². The summed E-state index contributed by atoms with van der Waals surface area (Å²) in [4.78, 5) is 11.5. The van der Waals surface area contributed by atoms with Gasteiger partial charge in [-0.3, -0.25) is 4.79 Å². The van der Waals surface area contributed by atoms with E-state index in [2.05, 4.69) is 22.0 Å². The Kier molecular flexibility index (Phi) is 5.66. The molecule has 0 atom stereocenters. The van der Waals surface area contributed by atoms with E-state index < -0.39 is 0 Å². The van der Waals surface area contributed by atoms with E-state index in [1.807, 2.05) is 0 Å². The zero-order valence-electron chi connectivity index (χ0n) is 10.3. The van der Waals surface area contributed by atoms with Gasteiger partial charge in [0.2, 0.25) is 0 Å². The number of methoxy groups -OCH3 is 1. The third kappa shape index (κ3) is 3.47. The van der Waals surface area contributed by atoms with Gasteiger partial charge in [0.1, 0.15) is 5.75 Å². The predicted octanol–water partition coefficient (Wildman–Crippen LogP) is 2.57. The van der Waals surface area contributed by atoms with E-state index in [-0.39, 0.29) is 12.4 Å². The van der Waals surface area contributed by atoms with Crippen LogP contribution in [0.15, 0.2) is 12.1 Å². The summed E-state index contributed by atoms with van der Waals surface area (Å²) in [5.41, 5.74) is 2.05. The summed E-state index contributed by atoms with van der Waals surface area (Å²) >= 11 is 3.33. The van der Waals surface area contributed by atoms with Crippen LogP contribution < -0.4 is 4.74 Å². The number of esters is 1. The lowest BCUT2D eigenvalue weighted by Crippen LogP contribution is -2.10. The SMILES string of the molecule is CCOC(=O)Cc1cc(OC)cc(C#N)c1CBr. The fourth-order valence-electron chi connectivity index (χ4n) is 1.60. The van der Waals surface area contributed by atoms with Crippen LogP contribution in [0.1, 0.15) is 23.6 Å². The summed E-state index contributed by atoms with van der Waals surface area (Å²) in [7, 11) is 1.53. The maximum atomic E-state index is 11.5. The van der Waals surface area contributed by atoms with Gasteiger partial charge in [-0.15, -0.1) is 0 Å². The second kappa shape index (κ2) is 7.02. The van der Waals surface area contributed by atoms with Crippen LogP contribution in [0.3, 0.4) is 0 Å². The monoisotopic (exact) mass is 311 g/mol. The number of carbonyl (C=O) groups is 1. The number of halogens is 1. The first-order valence-electron chi connectivity index (χ1n) is 5.47. The van der Waals surface area contributed by atoms with Crippen molar-refractivity contribution in [2.24, 2.45) is 0 Å². The largest absolute Gasteiger partial charge is 0.497 e. The summed E-state index contributed by atoms with van der Waals surface area (Å²) in [6.45, 7) is 2.10. The minimum absolute atomic E-state index is 0.140. The molecule has 5 heteroatoms. The van der Waals surface area contributed by atoms with Crippen LogP contribution >= 0.6 is 15.9 Å². The van der Waals surface area contributed by atoms with Crippen LogP contribution in [-0.2, 0) is 21.3 Å². The number of hydrogen-bond acceptors (Lipinski definition) is 4. The standard InChI is InChI=1S/C13H14BrNO3/c1-3-18-13(16)6-9-4-11(17-2)5-10(8-15)12(9)7-14/h4-5H,3,6-7H2,1-2H3. The average Bonchev–Trinajstić information content (AvgIpc) is 2.37. The van der Waals surface area contributed by atoms with Crippen molar-refractivity contribution in [1.82, 2.24) is 0 Å². The zero-order valence-corrected chi connectivity index (χ0v) is 11.9. The van der Waals surface area contributed by atoms with Crippen molar-refractivity contribution >= 4 is 21.9 Å². The lowest BCUT2D eigenvalue weighted by molar-refractivity contribution is -0.142.